The topological polar surface area (TPSA) is 63.9 Å². The number of aromatic amines is 1. The molecule has 0 radical (unpaired) electrons. The lowest BCUT2D eigenvalue weighted by atomic mass is 9.84. The maximum Gasteiger partial charge on any atom is 0.126 e. The molecule has 0 saturated carbocycles. The number of nitrogen functional groups attached to an aromatic ring is 1. The normalized spacial score (nSPS) is 11.7. The Labute approximate surface area is 107 Å². The summed E-state index contributed by atoms with van der Waals surface area (Å²) >= 11 is 0. The van der Waals surface area contributed by atoms with Crippen LogP contribution in [0.1, 0.15) is 19.4 Å². The Morgan fingerprint density at radius 3 is 2.78 bits per heavy atom. The molecule has 3 N–H and O–H groups in total. The van der Waals surface area contributed by atoms with E-state index in [-0.39, 0.29) is 5.41 Å². The van der Waals surface area contributed by atoms with E-state index in [1.165, 1.54) is 5.56 Å². The molecule has 0 bridgehead atoms. The molecule has 1 heterocycles. The van der Waals surface area contributed by atoms with Gasteiger partial charge in [0.15, 0.2) is 0 Å². The Bertz CT molecular complexity index is 531. The van der Waals surface area contributed by atoms with Crippen LogP contribution < -0.4 is 5.73 Å². The van der Waals surface area contributed by atoms with E-state index < -0.39 is 0 Å². The number of hydrogen-bond donors (Lipinski definition) is 2. The molecule has 0 amide bonds. The summed E-state index contributed by atoms with van der Waals surface area (Å²) in [5, 5.41) is 6.71. The molecular formula is C14H19N3O. The molecule has 1 aromatic carbocycles. The molecule has 4 heteroatoms. The van der Waals surface area contributed by atoms with Crippen molar-refractivity contribution in [3.8, 4) is 11.1 Å². The fraction of sp³-hybridized carbons (Fsp3) is 0.357. The predicted octanol–water partition coefficient (Wildman–Crippen LogP) is 2.58. The number of nitrogens with zero attached hydrogens (tertiary/aromatic N) is 1. The smallest absolute Gasteiger partial charge is 0.126 e. The number of aromatic nitrogens is 2. The summed E-state index contributed by atoms with van der Waals surface area (Å²) in [4.78, 5) is 0. The number of anilines is 1. The highest BCUT2D eigenvalue weighted by atomic mass is 16.5. The minimum atomic E-state index is -0.0245. The zero-order valence-electron chi connectivity index (χ0n) is 11.0. The summed E-state index contributed by atoms with van der Waals surface area (Å²) in [6.07, 6.45) is 1.75. The summed E-state index contributed by atoms with van der Waals surface area (Å²) in [6, 6.07) is 8.32. The number of rotatable bonds is 4. The number of nitrogens with one attached hydrogen (secondary N) is 1. The van der Waals surface area contributed by atoms with Crippen molar-refractivity contribution in [2.75, 3.05) is 19.5 Å². The average Bonchev–Trinajstić information content (AvgIpc) is 2.76. The van der Waals surface area contributed by atoms with Crippen molar-refractivity contribution < 1.29 is 4.74 Å². The maximum absolute atomic E-state index is 5.85. The highest BCUT2D eigenvalue weighted by molar-refractivity contribution is 5.73. The molecule has 0 fully saturated rings. The summed E-state index contributed by atoms with van der Waals surface area (Å²) < 4.78 is 5.27. The van der Waals surface area contributed by atoms with Crippen LogP contribution in [0, 0.1) is 0 Å². The van der Waals surface area contributed by atoms with Gasteiger partial charge in [-0.15, -0.1) is 0 Å². The molecule has 0 spiro atoms. The van der Waals surface area contributed by atoms with Crippen LogP contribution in [0.15, 0.2) is 30.5 Å². The van der Waals surface area contributed by atoms with E-state index >= 15 is 0 Å². The molecule has 0 aliphatic rings. The third-order valence-electron chi connectivity index (χ3n) is 3.13. The molecule has 0 saturated heterocycles. The first-order chi connectivity index (χ1) is 8.54. The second kappa shape index (κ2) is 4.82. The first kappa shape index (κ1) is 12.6. The van der Waals surface area contributed by atoms with Gasteiger partial charge in [0.1, 0.15) is 5.82 Å². The molecule has 18 heavy (non-hydrogen) atoms. The first-order valence-corrected chi connectivity index (χ1v) is 5.93. The second-order valence-corrected chi connectivity index (χ2v) is 5.10. The monoisotopic (exact) mass is 245 g/mol. The third kappa shape index (κ3) is 2.38. The SMILES string of the molecule is COCC(C)(C)c1cccc(-c2cn[nH]c2N)c1. The highest BCUT2D eigenvalue weighted by Gasteiger charge is 2.21. The summed E-state index contributed by atoms with van der Waals surface area (Å²) in [7, 11) is 1.72. The summed E-state index contributed by atoms with van der Waals surface area (Å²) in [6.45, 7) is 5.00. The van der Waals surface area contributed by atoms with Gasteiger partial charge in [0, 0.05) is 18.1 Å². The van der Waals surface area contributed by atoms with Gasteiger partial charge in [0.05, 0.1) is 12.8 Å². The average molecular weight is 245 g/mol. The summed E-state index contributed by atoms with van der Waals surface area (Å²) in [5.41, 5.74) is 9.05. The van der Waals surface area contributed by atoms with Crippen LogP contribution in [-0.2, 0) is 10.2 Å². The van der Waals surface area contributed by atoms with Gasteiger partial charge >= 0.3 is 0 Å². The number of methoxy groups -OCH3 is 1. The zero-order chi connectivity index (χ0) is 13.2. The third-order valence-corrected chi connectivity index (χ3v) is 3.13. The van der Waals surface area contributed by atoms with E-state index in [0.717, 1.165) is 11.1 Å². The van der Waals surface area contributed by atoms with Gasteiger partial charge in [-0.3, -0.25) is 5.10 Å². The molecule has 0 aliphatic heterocycles. The van der Waals surface area contributed by atoms with Gasteiger partial charge in [0.25, 0.3) is 0 Å². The number of H-pyrrole nitrogens is 1. The lowest BCUT2D eigenvalue weighted by molar-refractivity contribution is 0.146. The van der Waals surface area contributed by atoms with Gasteiger partial charge in [-0.1, -0.05) is 38.1 Å². The number of nitrogens with two attached hydrogens (primary N) is 1. The highest BCUT2D eigenvalue weighted by Crippen LogP contribution is 2.29. The maximum atomic E-state index is 5.85. The quantitative estimate of drug-likeness (QED) is 0.870. The van der Waals surface area contributed by atoms with Crippen molar-refractivity contribution in [1.29, 1.82) is 0 Å². The van der Waals surface area contributed by atoms with Crippen molar-refractivity contribution in [1.82, 2.24) is 10.2 Å². The predicted molar refractivity (Wildman–Crippen MR) is 73.3 cm³/mol. The second-order valence-electron chi connectivity index (χ2n) is 5.10. The van der Waals surface area contributed by atoms with Crippen molar-refractivity contribution in [3.63, 3.8) is 0 Å². The molecule has 0 unspecified atom stereocenters. The Morgan fingerprint density at radius 2 is 2.17 bits per heavy atom. The molecule has 0 aliphatic carbocycles. The van der Waals surface area contributed by atoms with Crippen LogP contribution in [0.4, 0.5) is 5.82 Å². The molecule has 4 nitrogen and oxygen atoms in total. The van der Waals surface area contributed by atoms with Crippen LogP contribution in [0.2, 0.25) is 0 Å². The van der Waals surface area contributed by atoms with Gasteiger partial charge < -0.3 is 10.5 Å². The van der Waals surface area contributed by atoms with Gasteiger partial charge in [0.2, 0.25) is 0 Å². The Morgan fingerprint density at radius 1 is 1.39 bits per heavy atom. The fourth-order valence-electron chi connectivity index (χ4n) is 2.08. The number of benzene rings is 1. The Hall–Kier alpha value is -1.81. The van der Waals surface area contributed by atoms with Crippen molar-refractivity contribution in [3.05, 3.63) is 36.0 Å². The molecule has 96 valence electrons. The lowest BCUT2D eigenvalue weighted by Crippen LogP contribution is -2.23. The standard InChI is InChI=1S/C14H19N3O/c1-14(2,9-18-3)11-6-4-5-10(7-11)12-8-16-17-13(12)15/h4-8H,9H2,1-3H3,(H3,15,16,17). The minimum Gasteiger partial charge on any atom is -0.384 e. The number of ether oxygens (including phenoxy) is 1. The molecule has 0 atom stereocenters. The minimum absolute atomic E-state index is 0.0245. The first-order valence-electron chi connectivity index (χ1n) is 5.93. The molecule has 2 rings (SSSR count). The summed E-state index contributed by atoms with van der Waals surface area (Å²) in [5.74, 6) is 0.594. The van der Waals surface area contributed by atoms with Crippen molar-refractivity contribution in [2.45, 2.75) is 19.3 Å². The van der Waals surface area contributed by atoms with E-state index in [2.05, 4.69) is 36.2 Å². The molecule has 1 aromatic heterocycles. The lowest BCUT2D eigenvalue weighted by Gasteiger charge is -2.24. The van der Waals surface area contributed by atoms with Crippen LogP contribution in [0.3, 0.4) is 0 Å². The van der Waals surface area contributed by atoms with Crippen LogP contribution in [-0.4, -0.2) is 23.9 Å². The zero-order valence-corrected chi connectivity index (χ0v) is 11.0. The van der Waals surface area contributed by atoms with E-state index in [9.17, 15) is 0 Å². The van der Waals surface area contributed by atoms with Crippen LogP contribution in [0.25, 0.3) is 11.1 Å². The Kier molecular flexibility index (Phi) is 3.39. The van der Waals surface area contributed by atoms with E-state index in [0.29, 0.717) is 12.4 Å². The van der Waals surface area contributed by atoms with Gasteiger partial charge in [-0.2, -0.15) is 5.10 Å². The fourth-order valence-corrected chi connectivity index (χ4v) is 2.08. The van der Waals surface area contributed by atoms with Gasteiger partial charge in [-0.25, -0.2) is 0 Å². The van der Waals surface area contributed by atoms with E-state index in [4.69, 9.17) is 10.5 Å². The Balaban J connectivity index is 2.40. The van der Waals surface area contributed by atoms with E-state index in [1.807, 2.05) is 12.1 Å². The molecule has 2 aromatic rings. The van der Waals surface area contributed by atoms with Crippen molar-refractivity contribution >= 4 is 5.82 Å². The van der Waals surface area contributed by atoms with Crippen LogP contribution in [0.5, 0.6) is 0 Å². The van der Waals surface area contributed by atoms with E-state index in [1.54, 1.807) is 13.3 Å². The van der Waals surface area contributed by atoms with Gasteiger partial charge in [-0.05, 0) is 11.1 Å². The van der Waals surface area contributed by atoms with Crippen LogP contribution >= 0.6 is 0 Å². The number of hydrogen-bond acceptors (Lipinski definition) is 3. The van der Waals surface area contributed by atoms with Crippen molar-refractivity contribution in [2.24, 2.45) is 0 Å². The molecular weight excluding hydrogens is 226 g/mol. The largest absolute Gasteiger partial charge is 0.384 e.